The van der Waals surface area contributed by atoms with Crippen molar-refractivity contribution in [2.45, 2.75) is 13.8 Å². The lowest BCUT2D eigenvalue weighted by atomic mass is 10.3. The lowest BCUT2D eigenvalue weighted by molar-refractivity contribution is 0.0690. The Morgan fingerprint density at radius 3 is 2.80 bits per heavy atom. The smallest absolute Gasteiger partial charge is 0.358 e. The van der Waals surface area contributed by atoms with Crippen molar-refractivity contribution in [2.24, 2.45) is 0 Å². The highest BCUT2D eigenvalue weighted by molar-refractivity contribution is 6.36. The molecule has 0 saturated carbocycles. The van der Waals surface area contributed by atoms with E-state index >= 15 is 0 Å². The predicted molar refractivity (Wildman–Crippen MR) is 54.4 cm³/mol. The van der Waals surface area contributed by atoms with Crippen LogP contribution in [0.25, 0.3) is 5.65 Å². The van der Waals surface area contributed by atoms with Gasteiger partial charge in [-0.05, 0) is 19.9 Å². The molecule has 0 spiro atoms. The Morgan fingerprint density at radius 1 is 1.53 bits per heavy atom. The first-order valence-electron chi connectivity index (χ1n) is 4.26. The first-order chi connectivity index (χ1) is 7.00. The van der Waals surface area contributed by atoms with Crippen molar-refractivity contribution in [3.05, 3.63) is 28.2 Å². The van der Waals surface area contributed by atoms with Crippen molar-refractivity contribution < 1.29 is 9.90 Å². The molecule has 0 atom stereocenters. The Bertz CT molecular complexity index is 562. The van der Waals surface area contributed by atoms with E-state index in [0.717, 1.165) is 11.4 Å². The fourth-order valence-electron chi connectivity index (χ4n) is 1.43. The molecule has 0 aliphatic heterocycles. The van der Waals surface area contributed by atoms with Crippen molar-refractivity contribution >= 4 is 23.2 Å². The molecule has 0 bridgehead atoms. The third kappa shape index (κ3) is 1.45. The standard InChI is InChI=1S/C9H8ClN3O2/c1-4-3-5(2)13-8(11-4)6(10)7(12-13)9(14)15/h3H,1-2H3,(H,14,15). The minimum atomic E-state index is -1.15. The monoisotopic (exact) mass is 225 g/mol. The van der Waals surface area contributed by atoms with Crippen LogP contribution in [-0.2, 0) is 0 Å². The number of halogens is 1. The van der Waals surface area contributed by atoms with E-state index in [1.165, 1.54) is 4.52 Å². The maximum atomic E-state index is 10.8. The van der Waals surface area contributed by atoms with Crippen molar-refractivity contribution in [3.8, 4) is 0 Å². The zero-order valence-corrected chi connectivity index (χ0v) is 8.91. The molecule has 0 aliphatic carbocycles. The van der Waals surface area contributed by atoms with Gasteiger partial charge < -0.3 is 5.11 Å². The van der Waals surface area contributed by atoms with E-state index in [-0.39, 0.29) is 10.7 Å². The average molecular weight is 226 g/mol. The van der Waals surface area contributed by atoms with Crippen molar-refractivity contribution in [1.29, 1.82) is 0 Å². The molecule has 2 rings (SSSR count). The third-order valence-corrected chi connectivity index (χ3v) is 2.39. The summed E-state index contributed by atoms with van der Waals surface area (Å²) in [6, 6.07) is 1.81. The molecule has 0 amide bonds. The molecule has 5 nitrogen and oxygen atoms in total. The van der Waals surface area contributed by atoms with Gasteiger partial charge in [-0.1, -0.05) is 11.6 Å². The number of rotatable bonds is 1. The molecule has 78 valence electrons. The van der Waals surface area contributed by atoms with Gasteiger partial charge in [-0.25, -0.2) is 14.3 Å². The second kappa shape index (κ2) is 3.20. The summed E-state index contributed by atoms with van der Waals surface area (Å²) < 4.78 is 1.43. The molecular formula is C9H8ClN3O2. The van der Waals surface area contributed by atoms with E-state index in [4.69, 9.17) is 16.7 Å². The minimum absolute atomic E-state index is 0.0781. The summed E-state index contributed by atoms with van der Waals surface area (Å²) in [5.74, 6) is -1.15. The maximum absolute atomic E-state index is 10.8. The molecular weight excluding hydrogens is 218 g/mol. The van der Waals surface area contributed by atoms with Crippen LogP contribution >= 0.6 is 11.6 Å². The van der Waals surface area contributed by atoms with Crippen LogP contribution in [0.1, 0.15) is 21.9 Å². The number of aromatic nitrogens is 3. The summed E-state index contributed by atoms with van der Waals surface area (Å²) in [5, 5.41) is 12.8. The number of aromatic carboxylic acids is 1. The predicted octanol–water partition coefficient (Wildman–Crippen LogP) is 1.70. The second-order valence-corrected chi connectivity index (χ2v) is 3.62. The quantitative estimate of drug-likeness (QED) is 0.802. The number of hydrogen-bond acceptors (Lipinski definition) is 3. The minimum Gasteiger partial charge on any atom is -0.476 e. The Kier molecular flexibility index (Phi) is 2.12. The van der Waals surface area contributed by atoms with Crippen molar-refractivity contribution in [3.63, 3.8) is 0 Å². The van der Waals surface area contributed by atoms with E-state index in [2.05, 4.69) is 10.1 Å². The maximum Gasteiger partial charge on any atom is 0.358 e. The van der Waals surface area contributed by atoms with Crippen LogP contribution in [0.5, 0.6) is 0 Å². The van der Waals surface area contributed by atoms with E-state index in [0.29, 0.717) is 5.65 Å². The first kappa shape index (κ1) is 9.92. The van der Waals surface area contributed by atoms with Crippen LogP contribution < -0.4 is 0 Å². The molecule has 15 heavy (non-hydrogen) atoms. The van der Waals surface area contributed by atoms with Gasteiger partial charge in [-0.2, -0.15) is 5.10 Å². The molecule has 0 radical (unpaired) electrons. The number of carboxylic acid groups (broad SMARTS) is 1. The Hall–Kier alpha value is -1.62. The molecule has 1 N–H and O–H groups in total. The number of hydrogen-bond donors (Lipinski definition) is 1. The van der Waals surface area contributed by atoms with E-state index in [1.54, 1.807) is 0 Å². The van der Waals surface area contributed by atoms with Gasteiger partial charge in [-0.3, -0.25) is 0 Å². The SMILES string of the molecule is Cc1cc(C)n2nc(C(=O)O)c(Cl)c2n1. The number of aryl methyl sites for hydroxylation is 2. The lowest BCUT2D eigenvalue weighted by Crippen LogP contribution is -2.00. The summed E-state index contributed by atoms with van der Waals surface area (Å²) >= 11 is 5.87. The Morgan fingerprint density at radius 2 is 2.20 bits per heavy atom. The summed E-state index contributed by atoms with van der Waals surface area (Å²) in [5.41, 5.74) is 1.79. The molecule has 0 fully saturated rings. The first-order valence-corrected chi connectivity index (χ1v) is 4.64. The van der Waals surface area contributed by atoms with Crippen molar-refractivity contribution in [2.75, 3.05) is 0 Å². The summed E-state index contributed by atoms with van der Waals surface area (Å²) in [6.07, 6.45) is 0. The van der Waals surface area contributed by atoms with Gasteiger partial charge in [-0.15, -0.1) is 0 Å². The Balaban J connectivity index is 2.88. The highest BCUT2D eigenvalue weighted by atomic mass is 35.5. The van der Waals surface area contributed by atoms with Crippen LogP contribution in [0.4, 0.5) is 0 Å². The van der Waals surface area contributed by atoms with Crippen LogP contribution in [0.3, 0.4) is 0 Å². The van der Waals surface area contributed by atoms with Gasteiger partial charge >= 0.3 is 5.97 Å². The summed E-state index contributed by atoms with van der Waals surface area (Å²) in [7, 11) is 0. The second-order valence-electron chi connectivity index (χ2n) is 3.24. The third-order valence-electron chi connectivity index (χ3n) is 2.04. The summed E-state index contributed by atoms with van der Waals surface area (Å²) in [6.45, 7) is 3.63. The highest BCUT2D eigenvalue weighted by Crippen LogP contribution is 2.21. The van der Waals surface area contributed by atoms with Gasteiger partial charge in [0.05, 0.1) is 0 Å². The molecule has 0 unspecified atom stereocenters. The fourth-order valence-corrected chi connectivity index (χ4v) is 1.67. The van der Waals surface area contributed by atoms with Gasteiger partial charge in [0, 0.05) is 11.4 Å². The van der Waals surface area contributed by atoms with Gasteiger partial charge in [0.25, 0.3) is 0 Å². The number of fused-ring (bicyclic) bond motifs is 1. The van der Waals surface area contributed by atoms with Crippen LogP contribution in [0, 0.1) is 13.8 Å². The molecule has 0 aromatic carbocycles. The number of nitrogens with zero attached hydrogens (tertiary/aromatic N) is 3. The van der Waals surface area contributed by atoms with Gasteiger partial charge in [0.15, 0.2) is 11.3 Å². The molecule has 2 aromatic rings. The Labute approximate surface area is 90.3 Å². The molecule has 2 heterocycles. The topological polar surface area (TPSA) is 67.5 Å². The van der Waals surface area contributed by atoms with E-state index < -0.39 is 5.97 Å². The van der Waals surface area contributed by atoms with E-state index in [1.807, 2.05) is 19.9 Å². The van der Waals surface area contributed by atoms with E-state index in [9.17, 15) is 4.79 Å². The highest BCUT2D eigenvalue weighted by Gasteiger charge is 2.18. The number of carbonyl (C=O) groups is 1. The number of carboxylic acids is 1. The fraction of sp³-hybridized carbons (Fsp3) is 0.222. The normalized spacial score (nSPS) is 10.9. The molecule has 2 aromatic heterocycles. The zero-order chi connectivity index (χ0) is 11.2. The van der Waals surface area contributed by atoms with Crippen LogP contribution in [0.2, 0.25) is 5.02 Å². The lowest BCUT2D eigenvalue weighted by Gasteiger charge is -1.99. The zero-order valence-electron chi connectivity index (χ0n) is 8.15. The van der Waals surface area contributed by atoms with Crippen molar-refractivity contribution in [1.82, 2.24) is 14.6 Å². The van der Waals surface area contributed by atoms with Gasteiger partial charge in [0.2, 0.25) is 0 Å². The molecule has 0 aliphatic rings. The molecule has 6 heteroatoms. The summed E-state index contributed by atoms with van der Waals surface area (Å²) in [4.78, 5) is 14.9. The largest absolute Gasteiger partial charge is 0.476 e. The average Bonchev–Trinajstić information content (AvgIpc) is 2.44. The molecule has 0 saturated heterocycles. The van der Waals surface area contributed by atoms with Gasteiger partial charge in [0.1, 0.15) is 5.02 Å². The van der Waals surface area contributed by atoms with Crippen LogP contribution in [-0.4, -0.2) is 25.7 Å². The van der Waals surface area contributed by atoms with Crippen LogP contribution in [0.15, 0.2) is 6.07 Å².